The van der Waals surface area contributed by atoms with Gasteiger partial charge in [0.05, 0.1) is 7.11 Å². The van der Waals surface area contributed by atoms with Crippen LogP contribution >= 0.6 is 0 Å². The highest BCUT2D eigenvalue weighted by molar-refractivity contribution is 5.87. The van der Waals surface area contributed by atoms with E-state index in [9.17, 15) is 9.90 Å². The molecule has 0 radical (unpaired) electrons. The van der Waals surface area contributed by atoms with Crippen LogP contribution in [0.25, 0.3) is 6.08 Å². The molecule has 4 heteroatoms. The number of phenolic OH excluding ortho intramolecular Hbond substituents is 1. The molecule has 0 aromatic heterocycles. The largest absolute Gasteiger partial charge is 0.504 e. The maximum Gasteiger partial charge on any atom is 0.331 e. The molecule has 4 aliphatic rings. The standard InChI is InChI=1S/C39H56O4/c1-8-28(25(2)3)12-9-26(4)32-15-16-33-31-14-13-29-24-30(19-21-38(29,5)34(31)20-22-39(32,33)6)43-37(41)18-11-27-10-17-35(40)36(23-27)42-7/h9-13,17-18,23,25-26,28,30-34,40H,8,14-16,19-22,24H2,1-7H3/b12-9+,18-11-/t26-,28-,30+,31+,32-,33+,34+,38+,39-/m1/s1. The van der Waals surface area contributed by atoms with Crippen molar-refractivity contribution >= 4 is 12.0 Å². The van der Waals surface area contributed by atoms with Gasteiger partial charge < -0.3 is 14.6 Å². The zero-order valence-electron chi connectivity index (χ0n) is 27.8. The summed E-state index contributed by atoms with van der Waals surface area (Å²) in [7, 11) is 1.52. The first-order valence-corrected chi connectivity index (χ1v) is 17.1. The summed E-state index contributed by atoms with van der Waals surface area (Å²) < 4.78 is 11.1. The molecule has 1 N–H and O–H groups in total. The van der Waals surface area contributed by atoms with Gasteiger partial charge in [-0.1, -0.05) is 71.4 Å². The molecule has 9 atom stereocenters. The molecule has 1 aromatic rings. The zero-order valence-corrected chi connectivity index (χ0v) is 27.8. The van der Waals surface area contributed by atoms with E-state index in [0.717, 1.165) is 48.5 Å². The molecule has 0 amide bonds. The van der Waals surface area contributed by atoms with E-state index in [4.69, 9.17) is 9.47 Å². The monoisotopic (exact) mass is 588 g/mol. The maximum atomic E-state index is 12.7. The summed E-state index contributed by atoms with van der Waals surface area (Å²) >= 11 is 0. The van der Waals surface area contributed by atoms with E-state index in [1.165, 1.54) is 51.7 Å². The van der Waals surface area contributed by atoms with Gasteiger partial charge in [0.15, 0.2) is 11.5 Å². The molecular formula is C39H56O4. The van der Waals surface area contributed by atoms with E-state index in [0.29, 0.717) is 28.9 Å². The number of esters is 1. The predicted octanol–water partition coefficient (Wildman–Crippen LogP) is 9.78. The zero-order chi connectivity index (χ0) is 30.9. The minimum Gasteiger partial charge on any atom is -0.504 e. The van der Waals surface area contributed by atoms with Gasteiger partial charge >= 0.3 is 5.97 Å². The fourth-order valence-electron chi connectivity index (χ4n) is 10.1. The average Bonchev–Trinajstić information content (AvgIpc) is 3.34. The van der Waals surface area contributed by atoms with Crippen molar-refractivity contribution in [1.82, 2.24) is 0 Å². The highest BCUT2D eigenvalue weighted by Gasteiger charge is 2.59. The number of methoxy groups -OCH3 is 1. The quantitative estimate of drug-likeness (QED) is 0.177. The first-order valence-electron chi connectivity index (χ1n) is 17.1. The van der Waals surface area contributed by atoms with Crippen LogP contribution in [-0.4, -0.2) is 24.3 Å². The molecule has 4 aliphatic carbocycles. The summed E-state index contributed by atoms with van der Waals surface area (Å²) in [6.45, 7) is 14.7. The van der Waals surface area contributed by atoms with Crippen LogP contribution in [0.2, 0.25) is 0 Å². The summed E-state index contributed by atoms with van der Waals surface area (Å²) in [5.74, 6) is 5.39. The first kappa shape index (κ1) is 31.9. The van der Waals surface area contributed by atoms with Crippen LogP contribution in [0.1, 0.15) is 105 Å². The lowest BCUT2D eigenvalue weighted by atomic mass is 9.47. The summed E-state index contributed by atoms with van der Waals surface area (Å²) in [5, 5.41) is 9.82. The number of hydrogen-bond acceptors (Lipinski definition) is 4. The first-order chi connectivity index (χ1) is 20.5. The van der Waals surface area contributed by atoms with Gasteiger partial charge in [0.2, 0.25) is 0 Å². The molecule has 0 unspecified atom stereocenters. The van der Waals surface area contributed by atoms with Crippen molar-refractivity contribution < 1.29 is 19.4 Å². The third kappa shape index (κ3) is 6.22. The Balaban J connectivity index is 1.22. The number of carbonyl (C=O) groups excluding carboxylic acids is 1. The van der Waals surface area contributed by atoms with E-state index in [-0.39, 0.29) is 23.2 Å². The minimum atomic E-state index is -0.304. The fraction of sp³-hybridized carbons (Fsp3) is 0.667. The van der Waals surface area contributed by atoms with Crippen LogP contribution in [0.3, 0.4) is 0 Å². The molecule has 236 valence electrons. The number of carbonyl (C=O) groups is 1. The fourth-order valence-corrected chi connectivity index (χ4v) is 10.1. The molecular weight excluding hydrogens is 532 g/mol. The lowest BCUT2D eigenvalue weighted by molar-refractivity contribution is -0.145. The van der Waals surface area contributed by atoms with Crippen LogP contribution in [0.4, 0.5) is 0 Å². The number of allylic oxidation sites excluding steroid dienone is 3. The Labute approximate surface area is 261 Å². The van der Waals surface area contributed by atoms with E-state index in [1.54, 1.807) is 29.8 Å². The van der Waals surface area contributed by atoms with Crippen molar-refractivity contribution in [2.45, 2.75) is 105 Å². The molecule has 0 heterocycles. The number of phenols is 1. The Morgan fingerprint density at radius 1 is 1.07 bits per heavy atom. The average molecular weight is 589 g/mol. The number of ether oxygens (including phenoxy) is 2. The van der Waals surface area contributed by atoms with Gasteiger partial charge in [-0.3, -0.25) is 0 Å². The van der Waals surface area contributed by atoms with Gasteiger partial charge in [-0.2, -0.15) is 0 Å². The van der Waals surface area contributed by atoms with Gasteiger partial charge in [0.1, 0.15) is 6.10 Å². The number of hydrogen-bond donors (Lipinski definition) is 1. The molecule has 0 bridgehead atoms. The normalized spacial score (nSPS) is 35.3. The molecule has 3 fully saturated rings. The molecule has 5 rings (SSSR count). The Hall–Kier alpha value is -2.49. The van der Waals surface area contributed by atoms with Gasteiger partial charge in [0, 0.05) is 12.5 Å². The molecule has 43 heavy (non-hydrogen) atoms. The van der Waals surface area contributed by atoms with Crippen LogP contribution in [0.15, 0.2) is 48.1 Å². The van der Waals surface area contributed by atoms with Gasteiger partial charge in [0.25, 0.3) is 0 Å². The minimum absolute atomic E-state index is 0.0579. The van der Waals surface area contributed by atoms with Crippen molar-refractivity contribution in [3.63, 3.8) is 0 Å². The van der Waals surface area contributed by atoms with Crippen molar-refractivity contribution in [1.29, 1.82) is 0 Å². The Morgan fingerprint density at radius 3 is 2.58 bits per heavy atom. The van der Waals surface area contributed by atoms with E-state index < -0.39 is 0 Å². The smallest absolute Gasteiger partial charge is 0.331 e. The Kier molecular flexibility index (Phi) is 9.54. The summed E-state index contributed by atoms with van der Waals surface area (Å²) in [6, 6.07) is 5.04. The number of aromatic hydroxyl groups is 1. The number of rotatable bonds is 9. The van der Waals surface area contributed by atoms with Crippen LogP contribution in [-0.2, 0) is 9.53 Å². The molecule has 0 spiro atoms. The lowest BCUT2D eigenvalue weighted by Crippen LogP contribution is -2.51. The predicted molar refractivity (Wildman–Crippen MR) is 176 cm³/mol. The third-order valence-corrected chi connectivity index (χ3v) is 12.7. The van der Waals surface area contributed by atoms with E-state index >= 15 is 0 Å². The van der Waals surface area contributed by atoms with Crippen LogP contribution in [0, 0.1) is 52.3 Å². The lowest BCUT2D eigenvalue weighted by Gasteiger charge is -2.58. The molecule has 0 saturated heterocycles. The topological polar surface area (TPSA) is 55.8 Å². The SMILES string of the molecule is CC[C@H](/C=C/[C@@H](C)[C@H]1CC[C@H]2[C@@H]3CC=C4C[C@@H](OC(=O)/C=C\c5ccc(O)c(OC)c5)CC[C@]4(C)[C@H]3CC[C@]12C)C(C)C. The van der Waals surface area contributed by atoms with E-state index in [1.807, 2.05) is 0 Å². The molecule has 0 aliphatic heterocycles. The number of benzene rings is 1. The molecule has 3 saturated carbocycles. The van der Waals surface area contributed by atoms with E-state index in [2.05, 4.69) is 59.8 Å². The van der Waals surface area contributed by atoms with Crippen molar-refractivity contribution in [2.75, 3.05) is 7.11 Å². The second kappa shape index (κ2) is 12.9. The van der Waals surface area contributed by atoms with Gasteiger partial charge in [-0.25, -0.2) is 4.79 Å². The van der Waals surface area contributed by atoms with Crippen LogP contribution < -0.4 is 4.74 Å². The van der Waals surface area contributed by atoms with Crippen molar-refractivity contribution in [3.05, 3.63) is 53.6 Å². The summed E-state index contributed by atoms with van der Waals surface area (Å²) in [5.41, 5.74) is 3.01. The highest BCUT2D eigenvalue weighted by Crippen LogP contribution is 2.67. The summed E-state index contributed by atoms with van der Waals surface area (Å²) in [6.07, 6.45) is 21.6. The second-order valence-corrected chi connectivity index (χ2v) is 15.1. The van der Waals surface area contributed by atoms with Crippen molar-refractivity contribution in [2.24, 2.45) is 52.3 Å². The highest BCUT2D eigenvalue weighted by atomic mass is 16.5. The number of fused-ring (bicyclic) bond motifs is 5. The van der Waals surface area contributed by atoms with Gasteiger partial charge in [-0.15, -0.1) is 0 Å². The Morgan fingerprint density at radius 2 is 1.86 bits per heavy atom. The Bertz CT molecular complexity index is 1240. The molecule has 1 aromatic carbocycles. The maximum absolute atomic E-state index is 12.7. The summed E-state index contributed by atoms with van der Waals surface area (Å²) in [4.78, 5) is 12.7. The molecule has 4 nitrogen and oxygen atoms in total. The van der Waals surface area contributed by atoms with Gasteiger partial charge in [-0.05, 0) is 127 Å². The van der Waals surface area contributed by atoms with Crippen molar-refractivity contribution in [3.8, 4) is 11.5 Å². The third-order valence-electron chi connectivity index (χ3n) is 12.7. The van der Waals surface area contributed by atoms with Crippen LogP contribution in [0.5, 0.6) is 11.5 Å². The second-order valence-electron chi connectivity index (χ2n) is 15.1.